The number of benzene rings is 1. The first-order valence-electron chi connectivity index (χ1n) is 6.14. The molecule has 5 nitrogen and oxygen atoms in total. The molecule has 0 bridgehead atoms. The number of hydrogen-bond donors (Lipinski definition) is 0. The van der Waals surface area contributed by atoms with Gasteiger partial charge in [0.15, 0.2) is 0 Å². The summed E-state index contributed by atoms with van der Waals surface area (Å²) < 4.78 is 28.5. The van der Waals surface area contributed by atoms with Crippen molar-refractivity contribution in [2.45, 2.75) is 24.9 Å². The highest BCUT2D eigenvalue weighted by molar-refractivity contribution is 7.89. The van der Waals surface area contributed by atoms with E-state index in [9.17, 15) is 8.42 Å². The van der Waals surface area contributed by atoms with Crippen LogP contribution in [0.3, 0.4) is 0 Å². The Hall–Kier alpha value is -1.66. The van der Waals surface area contributed by atoms with Gasteiger partial charge in [0, 0.05) is 25.5 Å². The maximum atomic E-state index is 12.5. The van der Waals surface area contributed by atoms with Gasteiger partial charge in [-0.1, -0.05) is 17.7 Å². The average molecular weight is 277 g/mol. The van der Waals surface area contributed by atoms with Crippen LogP contribution < -0.4 is 0 Å². The standard InChI is InChI=1S/C13H15N3O2S/c1-11-2-4-12(5-3-11)19(17,18)16-9-8-15-7-6-14-13(15)10-16/h2-7H,8-10H2,1H3. The predicted molar refractivity (Wildman–Crippen MR) is 71.0 cm³/mol. The lowest BCUT2D eigenvalue weighted by molar-refractivity contribution is 0.335. The van der Waals surface area contributed by atoms with E-state index in [1.807, 2.05) is 29.8 Å². The maximum Gasteiger partial charge on any atom is 0.243 e. The topological polar surface area (TPSA) is 55.2 Å². The SMILES string of the molecule is Cc1ccc(S(=O)(=O)N2CCn3ccnc3C2)cc1. The summed E-state index contributed by atoms with van der Waals surface area (Å²) in [5, 5.41) is 0. The molecule has 19 heavy (non-hydrogen) atoms. The van der Waals surface area contributed by atoms with E-state index < -0.39 is 10.0 Å². The van der Waals surface area contributed by atoms with Crippen LogP contribution in [-0.2, 0) is 23.1 Å². The van der Waals surface area contributed by atoms with Gasteiger partial charge in [0.25, 0.3) is 0 Å². The summed E-state index contributed by atoms with van der Waals surface area (Å²) in [4.78, 5) is 4.53. The number of hydrogen-bond acceptors (Lipinski definition) is 3. The average Bonchev–Trinajstić information content (AvgIpc) is 2.86. The van der Waals surface area contributed by atoms with Crippen LogP contribution in [0.2, 0.25) is 0 Å². The Balaban J connectivity index is 1.92. The fourth-order valence-corrected chi connectivity index (χ4v) is 3.60. The predicted octanol–water partition coefficient (Wildman–Crippen LogP) is 1.40. The van der Waals surface area contributed by atoms with Gasteiger partial charge in [-0.3, -0.25) is 0 Å². The van der Waals surface area contributed by atoms with E-state index in [-0.39, 0.29) is 0 Å². The number of rotatable bonds is 2. The molecule has 0 saturated carbocycles. The molecular weight excluding hydrogens is 262 g/mol. The van der Waals surface area contributed by atoms with Gasteiger partial charge >= 0.3 is 0 Å². The van der Waals surface area contributed by atoms with Gasteiger partial charge in [0.2, 0.25) is 10.0 Å². The zero-order valence-corrected chi connectivity index (χ0v) is 11.5. The Bertz CT molecular complexity index is 689. The number of sulfonamides is 1. The van der Waals surface area contributed by atoms with Crippen LogP contribution in [0.5, 0.6) is 0 Å². The van der Waals surface area contributed by atoms with Crippen molar-refractivity contribution in [1.29, 1.82) is 0 Å². The van der Waals surface area contributed by atoms with Crippen LogP contribution in [0.25, 0.3) is 0 Å². The first kappa shape index (κ1) is 12.4. The summed E-state index contributed by atoms with van der Waals surface area (Å²) in [7, 11) is -3.42. The Morgan fingerprint density at radius 3 is 2.63 bits per heavy atom. The Morgan fingerprint density at radius 1 is 1.16 bits per heavy atom. The summed E-state index contributed by atoms with van der Waals surface area (Å²) in [5.74, 6) is 0.793. The molecule has 0 unspecified atom stereocenters. The van der Waals surface area contributed by atoms with E-state index in [2.05, 4.69) is 4.98 Å². The first-order chi connectivity index (χ1) is 9.07. The number of aromatic nitrogens is 2. The zero-order valence-electron chi connectivity index (χ0n) is 10.7. The Labute approximate surface area is 112 Å². The van der Waals surface area contributed by atoms with Gasteiger partial charge in [-0.05, 0) is 19.1 Å². The number of fused-ring (bicyclic) bond motifs is 1. The summed E-state index contributed by atoms with van der Waals surface area (Å²) in [6.45, 7) is 3.41. The zero-order chi connectivity index (χ0) is 13.5. The molecule has 0 fully saturated rings. The highest BCUT2D eigenvalue weighted by Gasteiger charge is 2.28. The van der Waals surface area contributed by atoms with Crippen molar-refractivity contribution in [2.75, 3.05) is 6.54 Å². The molecule has 0 radical (unpaired) electrons. The monoisotopic (exact) mass is 277 g/mol. The molecule has 0 N–H and O–H groups in total. The van der Waals surface area contributed by atoms with E-state index in [1.54, 1.807) is 18.3 Å². The minimum absolute atomic E-state index is 0.337. The quantitative estimate of drug-likeness (QED) is 0.833. The molecule has 1 aromatic carbocycles. The first-order valence-corrected chi connectivity index (χ1v) is 7.58. The van der Waals surface area contributed by atoms with E-state index in [0.717, 1.165) is 11.4 Å². The molecule has 6 heteroatoms. The van der Waals surface area contributed by atoms with Gasteiger partial charge in [-0.15, -0.1) is 0 Å². The second-order valence-corrected chi connectivity index (χ2v) is 6.63. The lowest BCUT2D eigenvalue weighted by Crippen LogP contribution is -2.38. The molecule has 0 saturated heterocycles. The summed E-state index contributed by atoms with van der Waals surface area (Å²) in [5.41, 5.74) is 1.05. The third kappa shape index (κ3) is 2.17. The fraction of sp³-hybridized carbons (Fsp3) is 0.308. The van der Waals surface area contributed by atoms with Gasteiger partial charge < -0.3 is 4.57 Å². The van der Waals surface area contributed by atoms with E-state index in [1.165, 1.54) is 4.31 Å². The van der Waals surface area contributed by atoms with E-state index >= 15 is 0 Å². The number of aryl methyl sites for hydroxylation is 1. The molecule has 3 rings (SSSR count). The van der Waals surface area contributed by atoms with Crippen molar-refractivity contribution in [1.82, 2.24) is 13.9 Å². The molecule has 0 spiro atoms. The molecule has 0 amide bonds. The summed E-state index contributed by atoms with van der Waals surface area (Å²) in [6, 6.07) is 6.95. The normalized spacial score (nSPS) is 16.3. The van der Waals surface area contributed by atoms with Crippen molar-refractivity contribution in [2.24, 2.45) is 0 Å². The van der Waals surface area contributed by atoms with Crippen LogP contribution in [-0.4, -0.2) is 28.8 Å². The molecule has 0 aliphatic carbocycles. The van der Waals surface area contributed by atoms with Crippen LogP contribution in [0, 0.1) is 6.92 Å². The van der Waals surface area contributed by atoms with Crippen molar-refractivity contribution < 1.29 is 8.42 Å². The summed E-state index contributed by atoms with van der Waals surface area (Å²) in [6.07, 6.45) is 3.59. The highest BCUT2D eigenvalue weighted by atomic mass is 32.2. The van der Waals surface area contributed by atoms with Gasteiger partial charge in [-0.2, -0.15) is 4.31 Å². The van der Waals surface area contributed by atoms with Crippen LogP contribution in [0.15, 0.2) is 41.6 Å². The van der Waals surface area contributed by atoms with Gasteiger partial charge in [-0.25, -0.2) is 13.4 Å². The number of imidazole rings is 1. The molecule has 0 atom stereocenters. The van der Waals surface area contributed by atoms with E-state index in [0.29, 0.717) is 24.5 Å². The summed E-state index contributed by atoms with van der Waals surface area (Å²) >= 11 is 0. The Morgan fingerprint density at radius 2 is 1.89 bits per heavy atom. The third-order valence-electron chi connectivity index (χ3n) is 3.37. The fourth-order valence-electron chi connectivity index (χ4n) is 2.22. The molecule has 1 aromatic heterocycles. The second-order valence-electron chi connectivity index (χ2n) is 4.69. The molecule has 2 aromatic rings. The third-order valence-corrected chi connectivity index (χ3v) is 5.23. The van der Waals surface area contributed by atoms with Crippen molar-refractivity contribution >= 4 is 10.0 Å². The molecular formula is C13H15N3O2S. The van der Waals surface area contributed by atoms with E-state index in [4.69, 9.17) is 0 Å². The molecule has 100 valence electrons. The van der Waals surface area contributed by atoms with Crippen LogP contribution in [0.1, 0.15) is 11.4 Å². The van der Waals surface area contributed by atoms with Crippen LogP contribution in [0.4, 0.5) is 0 Å². The Kier molecular flexibility index (Phi) is 2.91. The van der Waals surface area contributed by atoms with Gasteiger partial charge in [0.1, 0.15) is 5.82 Å². The van der Waals surface area contributed by atoms with Gasteiger partial charge in [0.05, 0.1) is 11.4 Å². The molecule has 1 aliphatic rings. The number of nitrogens with zero attached hydrogens (tertiary/aromatic N) is 3. The molecule has 2 heterocycles. The second kappa shape index (κ2) is 4.47. The minimum atomic E-state index is -3.42. The van der Waals surface area contributed by atoms with Crippen molar-refractivity contribution in [3.05, 3.63) is 48.0 Å². The molecule has 1 aliphatic heterocycles. The smallest absolute Gasteiger partial charge is 0.243 e. The van der Waals surface area contributed by atoms with Crippen molar-refractivity contribution in [3.63, 3.8) is 0 Å². The minimum Gasteiger partial charge on any atom is -0.333 e. The van der Waals surface area contributed by atoms with Crippen LogP contribution >= 0.6 is 0 Å². The lowest BCUT2D eigenvalue weighted by Gasteiger charge is -2.26. The largest absolute Gasteiger partial charge is 0.333 e. The maximum absolute atomic E-state index is 12.5. The lowest BCUT2D eigenvalue weighted by atomic mass is 10.2. The highest BCUT2D eigenvalue weighted by Crippen LogP contribution is 2.21. The van der Waals surface area contributed by atoms with Crippen molar-refractivity contribution in [3.8, 4) is 0 Å².